The van der Waals surface area contributed by atoms with Gasteiger partial charge in [-0.25, -0.2) is 0 Å². The van der Waals surface area contributed by atoms with E-state index in [9.17, 15) is 5.11 Å². The zero-order valence-corrected chi connectivity index (χ0v) is 7.38. The lowest BCUT2D eigenvalue weighted by Crippen LogP contribution is -2.16. The standard InChI is InChI=1S/C9H18O2/c1-9(2,11)7-5-3-4-6-8-10/h3,5,10-11H,4,6-8H2,1-2H3. The molecule has 66 valence electrons. The molecule has 0 unspecified atom stereocenters. The van der Waals surface area contributed by atoms with Crippen molar-refractivity contribution in [2.24, 2.45) is 0 Å². The molecule has 11 heavy (non-hydrogen) atoms. The molecule has 0 atom stereocenters. The van der Waals surface area contributed by atoms with Gasteiger partial charge < -0.3 is 10.2 Å². The predicted molar refractivity (Wildman–Crippen MR) is 46.4 cm³/mol. The third-order valence-corrected chi connectivity index (χ3v) is 1.31. The molecule has 2 heteroatoms. The summed E-state index contributed by atoms with van der Waals surface area (Å²) in [4.78, 5) is 0. The third-order valence-electron chi connectivity index (χ3n) is 1.31. The van der Waals surface area contributed by atoms with Crippen LogP contribution in [0.5, 0.6) is 0 Å². The molecule has 0 heterocycles. The monoisotopic (exact) mass is 158 g/mol. The average molecular weight is 158 g/mol. The lowest BCUT2D eigenvalue weighted by Gasteiger charge is -2.13. The first-order chi connectivity index (χ1) is 5.06. The Hall–Kier alpha value is -0.340. The third kappa shape index (κ3) is 9.66. The van der Waals surface area contributed by atoms with Gasteiger partial charge in [0, 0.05) is 6.61 Å². The van der Waals surface area contributed by atoms with Gasteiger partial charge in [0.25, 0.3) is 0 Å². The average Bonchev–Trinajstić information content (AvgIpc) is 1.85. The van der Waals surface area contributed by atoms with E-state index in [1.165, 1.54) is 0 Å². The summed E-state index contributed by atoms with van der Waals surface area (Å²) >= 11 is 0. The van der Waals surface area contributed by atoms with Crippen LogP contribution in [-0.2, 0) is 0 Å². The van der Waals surface area contributed by atoms with Gasteiger partial charge in [-0.05, 0) is 33.1 Å². The maximum Gasteiger partial charge on any atom is 0.0626 e. The Morgan fingerprint density at radius 3 is 2.36 bits per heavy atom. The number of rotatable bonds is 5. The Morgan fingerprint density at radius 2 is 1.91 bits per heavy atom. The molecule has 0 aliphatic heterocycles. The van der Waals surface area contributed by atoms with Crippen LogP contribution in [0.2, 0.25) is 0 Å². The van der Waals surface area contributed by atoms with Gasteiger partial charge in [0.2, 0.25) is 0 Å². The lowest BCUT2D eigenvalue weighted by molar-refractivity contribution is 0.0838. The fourth-order valence-corrected chi connectivity index (χ4v) is 0.699. The van der Waals surface area contributed by atoms with E-state index >= 15 is 0 Å². The van der Waals surface area contributed by atoms with Crippen molar-refractivity contribution in [2.45, 2.75) is 38.7 Å². The van der Waals surface area contributed by atoms with Gasteiger partial charge in [0.15, 0.2) is 0 Å². The molecule has 2 N–H and O–H groups in total. The minimum atomic E-state index is -0.601. The smallest absolute Gasteiger partial charge is 0.0626 e. The molecular weight excluding hydrogens is 140 g/mol. The lowest BCUT2D eigenvalue weighted by atomic mass is 10.1. The van der Waals surface area contributed by atoms with Crippen molar-refractivity contribution < 1.29 is 10.2 Å². The fourth-order valence-electron chi connectivity index (χ4n) is 0.699. The first-order valence-electron chi connectivity index (χ1n) is 4.04. The van der Waals surface area contributed by atoms with Crippen LogP contribution in [0.4, 0.5) is 0 Å². The number of aliphatic hydroxyl groups is 2. The molecule has 0 bridgehead atoms. The second kappa shape index (κ2) is 5.33. The number of allylic oxidation sites excluding steroid dienone is 1. The molecule has 0 aliphatic carbocycles. The van der Waals surface area contributed by atoms with Gasteiger partial charge in [0.1, 0.15) is 0 Å². The number of unbranched alkanes of at least 4 members (excludes halogenated alkanes) is 1. The molecule has 0 fully saturated rings. The topological polar surface area (TPSA) is 40.5 Å². The van der Waals surface area contributed by atoms with E-state index in [0.717, 1.165) is 12.8 Å². The van der Waals surface area contributed by atoms with E-state index in [2.05, 4.69) is 0 Å². The summed E-state index contributed by atoms with van der Waals surface area (Å²) in [6.07, 6.45) is 6.33. The molecule has 0 saturated carbocycles. The Morgan fingerprint density at radius 1 is 1.27 bits per heavy atom. The zero-order chi connectivity index (χ0) is 8.74. The molecule has 0 aromatic rings. The van der Waals surface area contributed by atoms with Gasteiger partial charge in [-0.3, -0.25) is 0 Å². The zero-order valence-electron chi connectivity index (χ0n) is 7.38. The fraction of sp³-hybridized carbons (Fsp3) is 0.778. The minimum absolute atomic E-state index is 0.243. The Balaban J connectivity index is 3.30. The molecule has 0 rings (SSSR count). The second-order valence-corrected chi connectivity index (χ2v) is 3.35. The summed E-state index contributed by atoms with van der Waals surface area (Å²) in [6, 6.07) is 0. The highest BCUT2D eigenvalue weighted by molar-refractivity contribution is 4.87. The van der Waals surface area contributed by atoms with Crippen LogP contribution in [0, 0.1) is 0 Å². The van der Waals surface area contributed by atoms with Gasteiger partial charge in [-0.15, -0.1) is 0 Å². The van der Waals surface area contributed by atoms with Crippen molar-refractivity contribution in [1.82, 2.24) is 0 Å². The van der Waals surface area contributed by atoms with E-state index in [1.807, 2.05) is 12.2 Å². The summed E-state index contributed by atoms with van der Waals surface area (Å²) in [5, 5.41) is 17.7. The van der Waals surface area contributed by atoms with E-state index in [0.29, 0.717) is 6.42 Å². The van der Waals surface area contributed by atoms with Crippen molar-refractivity contribution in [1.29, 1.82) is 0 Å². The molecular formula is C9H18O2. The van der Waals surface area contributed by atoms with Gasteiger partial charge in [0.05, 0.1) is 5.60 Å². The van der Waals surface area contributed by atoms with Crippen molar-refractivity contribution in [2.75, 3.05) is 6.61 Å². The molecule has 2 nitrogen and oxygen atoms in total. The molecule has 0 aromatic heterocycles. The summed E-state index contributed by atoms with van der Waals surface area (Å²) in [6.45, 7) is 3.81. The van der Waals surface area contributed by atoms with Crippen LogP contribution < -0.4 is 0 Å². The maximum atomic E-state index is 9.27. The van der Waals surface area contributed by atoms with Crippen LogP contribution in [0.3, 0.4) is 0 Å². The largest absolute Gasteiger partial charge is 0.396 e. The van der Waals surface area contributed by atoms with Gasteiger partial charge in [-0.2, -0.15) is 0 Å². The molecule has 0 aromatic carbocycles. The summed E-state index contributed by atoms with van der Waals surface area (Å²) < 4.78 is 0. The van der Waals surface area contributed by atoms with Crippen molar-refractivity contribution in [3.8, 4) is 0 Å². The van der Waals surface area contributed by atoms with Crippen LogP contribution in [0.25, 0.3) is 0 Å². The first kappa shape index (κ1) is 10.7. The SMILES string of the molecule is CC(C)(O)CC=CCCCO. The van der Waals surface area contributed by atoms with Crippen LogP contribution in [0.15, 0.2) is 12.2 Å². The first-order valence-corrected chi connectivity index (χ1v) is 4.04. The Kier molecular flexibility index (Phi) is 5.16. The normalized spacial score (nSPS) is 12.7. The highest BCUT2D eigenvalue weighted by Crippen LogP contribution is 2.07. The van der Waals surface area contributed by atoms with Gasteiger partial charge in [-0.1, -0.05) is 12.2 Å². The molecule has 0 amide bonds. The summed E-state index contributed by atoms with van der Waals surface area (Å²) in [5.41, 5.74) is -0.601. The van der Waals surface area contributed by atoms with E-state index in [-0.39, 0.29) is 6.61 Å². The summed E-state index contributed by atoms with van der Waals surface area (Å²) in [7, 11) is 0. The van der Waals surface area contributed by atoms with Crippen LogP contribution in [-0.4, -0.2) is 22.4 Å². The Bertz CT molecular complexity index is 111. The highest BCUT2D eigenvalue weighted by Gasteiger charge is 2.08. The molecule has 0 radical (unpaired) electrons. The predicted octanol–water partition coefficient (Wildman–Crippen LogP) is 1.48. The van der Waals surface area contributed by atoms with E-state index in [4.69, 9.17) is 5.11 Å². The molecule has 0 spiro atoms. The highest BCUT2D eigenvalue weighted by atomic mass is 16.3. The van der Waals surface area contributed by atoms with Crippen molar-refractivity contribution in [3.63, 3.8) is 0 Å². The maximum absolute atomic E-state index is 9.27. The molecule has 0 saturated heterocycles. The van der Waals surface area contributed by atoms with E-state index < -0.39 is 5.60 Å². The number of hydrogen-bond acceptors (Lipinski definition) is 2. The van der Waals surface area contributed by atoms with Gasteiger partial charge >= 0.3 is 0 Å². The van der Waals surface area contributed by atoms with Crippen molar-refractivity contribution in [3.05, 3.63) is 12.2 Å². The second-order valence-electron chi connectivity index (χ2n) is 3.35. The number of hydrogen-bond donors (Lipinski definition) is 2. The summed E-state index contributed by atoms with van der Waals surface area (Å²) in [5.74, 6) is 0. The van der Waals surface area contributed by atoms with Crippen LogP contribution in [0.1, 0.15) is 33.1 Å². The number of aliphatic hydroxyl groups excluding tert-OH is 1. The Labute approximate surface area is 68.6 Å². The molecule has 0 aliphatic rings. The van der Waals surface area contributed by atoms with E-state index in [1.54, 1.807) is 13.8 Å². The van der Waals surface area contributed by atoms with Crippen molar-refractivity contribution >= 4 is 0 Å². The minimum Gasteiger partial charge on any atom is -0.396 e. The van der Waals surface area contributed by atoms with Crippen LogP contribution >= 0.6 is 0 Å². The quantitative estimate of drug-likeness (QED) is 0.470.